The van der Waals surface area contributed by atoms with Gasteiger partial charge in [-0.3, -0.25) is 0 Å². The molecule has 1 aliphatic rings. The van der Waals surface area contributed by atoms with E-state index in [4.69, 9.17) is 0 Å². The van der Waals surface area contributed by atoms with Gasteiger partial charge in [0.05, 0.1) is 0 Å². The first-order valence-electron chi connectivity index (χ1n) is 6.94. The van der Waals surface area contributed by atoms with E-state index < -0.39 is 0 Å². The summed E-state index contributed by atoms with van der Waals surface area (Å²) in [5, 5.41) is 3.66. The number of hydrogen-bond donors (Lipinski definition) is 1. The van der Waals surface area contributed by atoms with Crippen molar-refractivity contribution in [1.82, 2.24) is 5.32 Å². The number of nitrogens with one attached hydrogen (secondary N) is 1. The van der Waals surface area contributed by atoms with Crippen LogP contribution in [0, 0.1) is 0 Å². The van der Waals surface area contributed by atoms with Crippen molar-refractivity contribution in [2.45, 2.75) is 64.5 Å². The normalized spacial score (nSPS) is 16.2. The molecule has 2 rings (SSSR count). The maximum Gasteiger partial charge on any atom is 0.0210 e. The highest BCUT2D eigenvalue weighted by molar-refractivity contribution is 5.29. The van der Waals surface area contributed by atoms with Gasteiger partial charge < -0.3 is 5.32 Å². The second-order valence-corrected chi connectivity index (χ2v) is 6.01. The molecular formula is C16H25N. The third-order valence-electron chi connectivity index (χ3n) is 3.65. The van der Waals surface area contributed by atoms with Gasteiger partial charge in [-0.05, 0) is 50.2 Å². The molecule has 1 aromatic rings. The Morgan fingerprint density at radius 1 is 1.29 bits per heavy atom. The lowest BCUT2D eigenvalue weighted by molar-refractivity contribution is 0.357. The van der Waals surface area contributed by atoms with Gasteiger partial charge in [-0.2, -0.15) is 0 Å². The molecule has 0 heterocycles. The smallest absolute Gasteiger partial charge is 0.0210 e. The molecule has 1 nitrogen and oxygen atoms in total. The number of benzene rings is 1. The van der Waals surface area contributed by atoms with Crippen molar-refractivity contribution in [3.05, 3.63) is 35.4 Å². The maximum absolute atomic E-state index is 3.66. The van der Waals surface area contributed by atoms with Crippen LogP contribution in [-0.4, -0.2) is 5.54 Å². The van der Waals surface area contributed by atoms with Crippen LogP contribution in [0.5, 0.6) is 0 Å². The molecule has 0 aromatic heterocycles. The molecule has 17 heavy (non-hydrogen) atoms. The van der Waals surface area contributed by atoms with Crippen LogP contribution in [0.4, 0.5) is 0 Å². The van der Waals surface area contributed by atoms with E-state index in [1.165, 1.54) is 36.8 Å². The first-order valence-corrected chi connectivity index (χ1v) is 6.94. The molecule has 1 fully saturated rings. The Bertz CT molecular complexity index is 364. The molecule has 0 unspecified atom stereocenters. The Kier molecular flexibility index (Phi) is 3.88. The molecule has 0 atom stereocenters. The zero-order valence-electron chi connectivity index (χ0n) is 11.4. The van der Waals surface area contributed by atoms with E-state index in [0.29, 0.717) is 0 Å². The Labute approximate surface area is 106 Å². The maximum atomic E-state index is 3.66. The van der Waals surface area contributed by atoms with E-state index in [1.807, 2.05) is 0 Å². The highest BCUT2D eigenvalue weighted by Crippen LogP contribution is 2.40. The summed E-state index contributed by atoms with van der Waals surface area (Å²) in [6.07, 6.45) is 5.24. The molecule has 1 aliphatic carbocycles. The average Bonchev–Trinajstić information content (AvgIpc) is 3.11. The summed E-state index contributed by atoms with van der Waals surface area (Å²) in [6, 6.07) is 9.10. The Morgan fingerprint density at radius 3 is 2.71 bits per heavy atom. The molecule has 0 spiro atoms. The van der Waals surface area contributed by atoms with Gasteiger partial charge in [0.2, 0.25) is 0 Å². The van der Waals surface area contributed by atoms with Crippen LogP contribution in [0.1, 0.15) is 63.5 Å². The fourth-order valence-corrected chi connectivity index (χ4v) is 2.43. The SMILES string of the molecule is CCCC(C)(C)NCc1cccc(C2CC2)c1. The zero-order valence-corrected chi connectivity index (χ0v) is 11.4. The minimum absolute atomic E-state index is 0.254. The van der Waals surface area contributed by atoms with Crippen LogP contribution in [0.25, 0.3) is 0 Å². The van der Waals surface area contributed by atoms with Crippen LogP contribution in [0.3, 0.4) is 0 Å². The van der Waals surface area contributed by atoms with Crippen molar-refractivity contribution in [2.75, 3.05) is 0 Å². The fourth-order valence-electron chi connectivity index (χ4n) is 2.43. The van der Waals surface area contributed by atoms with E-state index in [2.05, 4.69) is 50.4 Å². The molecular weight excluding hydrogens is 206 g/mol. The van der Waals surface area contributed by atoms with E-state index >= 15 is 0 Å². The van der Waals surface area contributed by atoms with E-state index in [-0.39, 0.29) is 5.54 Å². The van der Waals surface area contributed by atoms with Crippen LogP contribution in [0.2, 0.25) is 0 Å². The van der Waals surface area contributed by atoms with E-state index in [0.717, 1.165) is 12.5 Å². The first-order chi connectivity index (χ1) is 8.11. The lowest BCUT2D eigenvalue weighted by Gasteiger charge is -2.26. The highest BCUT2D eigenvalue weighted by atomic mass is 14.9. The van der Waals surface area contributed by atoms with Crippen molar-refractivity contribution in [2.24, 2.45) is 0 Å². The summed E-state index contributed by atoms with van der Waals surface area (Å²) in [7, 11) is 0. The van der Waals surface area contributed by atoms with Gasteiger partial charge >= 0.3 is 0 Å². The molecule has 94 valence electrons. The van der Waals surface area contributed by atoms with Gasteiger partial charge in [-0.15, -0.1) is 0 Å². The molecule has 1 saturated carbocycles. The summed E-state index contributed by atoms with van der Waals surface area (Å²) in [5.41, 5.74) is 3.22. The number of hydrogen-bond acceptors (Lipinski definition) is 1. The van der Waals surface area contributed by atoms with Crippen LogP contribution in [-0.2, 0) is 6.54 Å². The van der Waals surface area contributed by atoms with E-state index in [9.17, 15) is 0 Å². The summed E-state index contributed by atoms with van der Waals surface area (Å²) in [6.45, 7) is 7.83. The van der Waals surface area contributed by atoms with Crippen molar-refractivity contribution < 1.29 is 0 Å². The third kappa shape index (κ3) is 3.85. The van der Waals surface area contributed by atoms with E-state index in [1.54, 1.807) is 0 Å². The highest BCUT2D eigenvalue weighted by Gasteiger charge is 2.23. The second kappa shape index (κ2) is 5.22. The summed E-state index contributed by atoms with van der Waals surface area (Å²) in [5.74, 6) is 0.860. The lowest BCUT2D eigenvalue weighted by atomic mass is 9.98. The topological polar surface area (TPSA) is 12.0 Å². The molecule has 0 aliphatic heterocycles. The van der Waals surface area contributed by atoms with Gasteiger partial charge in [-0.25, -0.2) is 0 Å². The van der Waals surface area contributed by atoms with Crippen molar-refractivity contribution in [3.8, 4) is 0 Å². The van der Waals surface area contributed by atoms with Gasteiger partial charge in [0.25, 0.3) is 0 Å². The molecule has 1 aromatic carbocycles. The second-order valence-electron chi connectivity index (χ2n) is 6.01. The third-order valence-corrected chi connectivity index (χ3v) is 3.65. The predicted molar refractivity (Wildman–Crippen MR) is 74.2 cm³/mol. The zero-order chi connectivity index (χ0) is 12.3. The summed E-state index contributed by atoms with van der Waals surface area (Å²) >= 11 is 0. The van der Waals surface area contributed by atoms with Crippen LogP contribution < -0.4 is 5.32 Å². The average molecular weight is 231 g/mol. The van der Waals surface area contributed by atoms with Gasteiger partial charge in [0.15, 0.2) is 0 Å². The van der Waals surface area contributed by atoms with Crippen molar-refractivity contribution in [1.29, 1.82) is 0 Å². The quantitative estimate of drug-likeness (QED) is 0.772. The summed E-state index contributed by atoms with van der Waals surface area (Å²) < 4.78 is 0. The standard InChI is InChI=1S/C16H25N/c1-4-10-16(2,3)17-12-13-6-5-7-15(11-13)14-8-9-14/h5-7,11,14,17H,4,8-10,12H2,1-3H3. The lowest BCUT2D eigenvalue weighted by Crippen LogP contribution is -2.38. The molecule has 0 radical (unpaired) electrons. The van der Waals surface area contributed by atoms with Crippen molar-refractivity contribution in [3.63, 3.8) is 0 Å². The molecule has 1 N–H and O–H groups in total. The van der Waals surface area contributed by atoms with Gasteiger partial charge in [0, 0.05) is 12.1 Å². The Balaban J connectivity index is 1.92. The van der Waals surface area contributed by atoms with Crippen LogP contribution in [0.15, 0.2) is 24.3 Å². The largest absolute Gasteiger partial charge is 0.308 e. The predicted octanol–water partition coefficient (Wildman–Crippen LogP) is 4.23. The minimum Gasteiger partial charge on any atom is -0.308 e. The molecule has 0 amide bonds. The molecule has 0 saturated heterocycles. The van der Waals surface area contributed by atoms with Gasteiger partial charge in [-0.1, -0.05) is 37.6 Å². The first kappa shape index (κ1) is 12.6. The molecule has 0 bridgehead atoms. The fraction of sp³-hybridized carbons (Fsp3) is 0.625. The minimum atomic E-state index is 0.254. The Hall–Kier alpha value is -0.820. The molecule has 1 heteroatoms. The number of rotatable bonds is 6. The monoisotopic (exact) mass is 231 g/mol. The van der Waals surface area contributed by atoms with Crippen LogP contribution >= 0.6 is 0 Å². The van der Waals surface area contributed by atoms with Crippen molar-refractivity contribution >= 4 is 0 Å². The van der Waals surface area contributed by atoms with Gasteiger partial charge in [0.1, 0.15) is 0 Å². The summed E-state index contributed by atoms with van der Waals surface area (Å²) in [4.78, 5) is 0. The Morgan fingerprint density at radius 2 is 2.06 bits per heavy atom.